The molecule has 0 bridgehead atoms. The van der Waals surface area contributed by atoms with E-state index in [9.17, 15) is 18.4 Å². The Morgan fingerprint density at radius 1 is 1.07 bits per heavy atom. The first kappa shape index (κ1) is 22.5. The fourth-order valence-electron chi connectivity index (χ4n) is 3.18. The van der Waals surface area contributed by atoms with Gasteiger partial charge in [0.1, 0.15) is 11.6 Å². The molecule has 2 atom stereocenters. The van der Waals surface area contributed by atoms with Crippen LogP contribution >= 0.6 is 0 Å². The summed E-state index contributed by atoms with van der Waals surface area (Å²) >= 11 is 0. The van der Waals surface area contributed by atoms with Crippen molar-refractivity contribution in [2.45, 2.75) is 33.2 Å². The van der Waals surface area contributed by atoms with Gasteiger partial charge in [0.2, 0.25) is 0 Å². The Morgan fingerprint density at radius 2 is 1.76 bits per heavy atom. The molecule has 3 N–H and O–H groups in total. The molecular formula is C22H28F2N3O2+. The zero-order valence-corrected chi connectivity index (χ0v) is 17.0. The van der Waals surface area contributed by atoms with Crippen molar-refractivity contribution < 1.29 is 23.3 Å². The number of benzene rings is 2. The monoisotopic (exact) mass is 404 g/mol. The summed E-state index contributed by atoms with van der Waals surface area (Å²) in [5.74, 6) is -1.84. The van der Waals surface area contributed by atoms with Gasteiger partial charge in [0.25, 0.3) is 11.8 Å². The summed E-state index contributed by atoms with van der Waals surface area (Å²) in [5.41, 5.74) is 1.93. The Morgan fingerprint density at radius 3 is 2.41 bits per heavy atom. The second-order valence-electron chi connectivity index (χ2n) is 7.17. The molecule has 156 valence electrons. The van der Waals surface area contributed by atoms with Crippen LogP contribution in [0.5, 0.6) is 0 Å². The second-order valence-corrected chi connectivity index (χ2v) is 7.17. The number of halogens is 2. The number of carbonyl (C=O) groups is 2. The maximum absolute atomic E-state index is 13.9. The van der Waals surface area contributed by atoms with E-state index in [1.807, 2.05) is 38.1 Å². The number of hydrogen-bond acceptors (Lipinski definition) is 2. The SMILES string of the molecule is CCC[NH+](CC(=O)Nc1ccccc1C)CC(=O)N[C@H](C)c1ccc(F)cc1F. The van der Waals surface area contributed by atoms with E-state index in [4.69, 9.17) is 0 Å². The molecule has 0 spiro atoms. The first-order valence-electron chi connectivity index (χ1n) is 9.73. The van der Waals surface area contributed by atoms with Crippen molar-refractivity contribution in [3.8, 4) is 0 Å². The number of hydrogen-bond donors (Lipinski definition) is 3. The molecule has 2 aromatic carbocycles. The number of para-hydroxylation sites is 1. The van der Waals surface area contributed by atoms with Crippen molar-refractivity contribution in [3.63, 3.8) is 0 Å². The Labute approximate surface area is 170 Å². The smallest absolute Gasteiger partial charge is 0.279 e. The molecule has 0 aromatic heterocycles. The van der Waals surface area contributed by atoms with Gasteiger partial charge in [0.15, 0.2) is 13.1 Å². The van der Waals surface area contributed by atoms with Crippen LogP contribution in [0, 0.1) is 18.6 Å². The Hall–Kier alpha value is -2.80. The summed E-state index contributed by atoms with van der Waals surface area (Å²) in [6.45, 7) is 6.41. The van der Waals surface area contributed by atoms with Crippen LogP contribution in [0.2, 0.25) is 0 Å². The van der Waals surface area contributed by atoms with Crippen molar-refractivity contribution in [1.29, 1.82) is 0 Å². The Kier molecular flexibility index (Phi) is 8.27. The van der Waals surface area contributed by atoms with Gasteiger partial charge in [-0.3, -0.25) is 9.59 Å². The van der Waals surface area contributed by atoms with E-state index in [-0.39, 0.29) is 30.5 Å². The van der Waals surface area contributed by atoms with E-state index in [1.165, 1.54) is 6.07 Å². The zero-order valence-electron chi connectivity index (χ0n) is 17.0. The predicted octanol–water partition coefficient (Wildman–Crippen LogP) is 2.38. The predicted molar refractivity (Wildman–Crippen MR) is 109 cm³/mol. The maximum atomic E-state index is 13.9. The lowest BCUT2D eigenvalue weighted by atomic mass is 10.1. The molecule has 2 rings (SSSR count). The second kappa shape index (κ2) is 10.7. The molecule has 0 saturated heterocycles. The number of rotatable bonds is 9. The third kappa shape index (κ3) is 6.94. The molecule has 0 saturated carbocycles. The first-order chi connectivity index (χ1) is 13.8. The number of aryl methyl sites for hydroxylation is 1. The van der Waals surface area contributed by atoms with E-state index in [1.54, 1.807) is 6.92 Å². The van der Waals surface area contributed by atoms with Gasteiger partial charge in [-0.25, -0.2) is 8.78 Å². The van der Waals surface area contributed by atoms with Gasteiger partial charge in [-0.2, -0.15) is 0 Å². The topological polar surface area (TPSA) is 62.6 Å². The fraction of sp³-hybridized carbons (Fsp3) is 0.364. The highest BCUT2D eigenvalue weighted by atomic mass is 19.1. The molecule has 0 fully saturated rings. The molecule has 0 radical (unpaired) electrons. The van der Waals surface area contributed by atoms with Gasteiger partial charge in [-0.1, -0.05) is 31.2 Å². The molecule has 7 heteroatoms. The minimum Gasteiger partial charge on any atom is -0.345 e. The fourth-order valence-corrected chi connectivity index (χ4v) is 3.18. The van der Waals surface area contributed by atoms with Crippen LogP contribution in [-0.2, 0) is 9.59 Å². The molecule has 29 heavy (non-hydrogen) atoms. The highest BCUT2D eigenvalue weighted by Crippen LogP contribution is 2.17. The van der Waals surface area contributed by atoms with Crippen LogP contribution in [0.3, 0.4) is 0 Å². The lowest BCUT2D eigenvalue weighted by Gasteiger charge is -2.20. The van der Waals surface area contributed by atoms with E-state index >= 15 is 0 Å². The van der Waals surface area contributed by atoms with Crippen LogP contribution in [0.15, 0.2) is 42.5 Å². The third-order valence-electron chi connectivity index (χ3n) is 4.65. The summed E-state index contributed by atoms with van der Waals surface area (Å²) in [6.07, 6.45) is 0.808. The van der Waals surface area contributed by atoms with E-state index in [2.05, 4.69) is 10.6 Å². The van der Waals surface area contributed by atoms with Crippen molar-refractivity contribution in [2.75, 3.05) is 25.0 Å². The number of amides is 2. The third-order valence-corrected chi connectivity index (χ3v) is 4.65. The van der Waals surface area contributed by atoms with Crippen molar-refractivity contribution >= 4 is 17.5 Å². The molecule has 0 aliphatic rings. The number of carbonyl (C=O) groups excluding carboxylic acids is 2. The highest BCUT2D eigenvalue weighted by Gasteiger charge is 2.20. The van der Waals surface area contributed by atoms with Crippen LogP contribution < -0.4 is 15.5 Å². The quantitative estimate of drug-likeness (QED) is 0.601. The van der Waals surface area contributed by atoms with Crippen LogP contribution in [0.4, 0.5) is 14.5 Å². The minimum absolute atomic E-state index is 0.0855. The summed E-state index contributed by atoms with van der Waals surface area (Å²) in [5, 5.41) is 5.60. The van der Waals surface area contributed by atoms with Gasteiger partial charge >= 0.3 is 0 Å². The lowest BCUT2D eigenvalue weighted by molar-refractivity contribution is -0.883. The molecule has 5 nitrogen and oxygen atoms in total. The molecule has 0 aliphatic carbocycles. The van der Waals surface area contributed by atoms with Crippen molar-refractivity contribution in [2.24, 2.45) is 0 Å². The largest absolute Gasteiger partial charge is 0.345 e. The lowest BCUT2D eigenvalue weighted by Crippen LogP contribution is -3.14. The summed E-state index contributed by atoms with van der Waals surface area (Å²) in [6, 6.07) is 10.2. The average molecular weight is 404 g/mol. The van der Waals surface area contributed by atoms with E-state index in [0.29, 0.717) is 6.54 Å². The number of quaternary nitrogens is 1. The number of anilines is 1. The van der Waals surface area contributed by atoms with Crippen molar-refractivity contribution in [3.05, 3.63) is 65.2 Å². The Bertz CT molecular complexity index is 858. The first-order valence-corrected chi connectivity index (χ1v) is 9.73. The summed E-state index contributed by atoms with van der Waals surface area (Å²) < 4.78 is 27.0. The van der Waals surface area contributed by atoms with Gasteiger partial charge < -0.3 is 15.5 Å². The van der Waals surface area contributed by atoms with Crippen LogP contribution in [0.1, 0.15) is 37.4 Å². The van der Waals surface area contributed by atoms with Crippen molar-refractivity contribution in [1.82, 2.24) is 5.32 Å². The van der Waals surface area contributed by atoms with E-state index < -0.39 is 17.7 Å². The molecule has 2 amide bonds. The molecule has 2 aromatic rings. The zero-order chi connectivity index (χ0) is 21.4. The molecule has 0 heterocycles. The number of nitrogens with one attached hydrogen (secondary N) is 3. The van der Waals surface area contributed by atoms with Gasteiger partial charge in [-0.15, -0.1) is 0 Å². The van der Waals surface area contributed by atoms with Gasteiger partial charge in [0, 0.05) is 17.3 Å². The minimum atomic E-state index is -0.701. The van der Waals surface area contributed by atoms with Gasteiger partial charge in [0.05, 0.1) is 12.6 Å². The van der Waals surface area contributed by atoms with Gasteiger partial charge in [-0.05, 0) is 38.0 Å². The molecule has 0 aliphatic heterocycles. The summed E-state index contributed by atoms with van der Waals surface area (Å²) in [4.78, 5) is 25.6. The molecular weight excluding hydrogens is 376 g/mol. The average Bonchev–Trinajstić information content (AvgIpc) is 2.63. The van der Waals surface area contributed by atoms with Crippen LogP contribution in [-0.4, -0.2) is 31.4 Å². The summed E-state index contributed by atoms with van der Waals surface area (Å²) in [7, 11) is 0. The molecule has 1 unspecified atom stereocenters. The van der Waals surface area contributed by atoms with Crippen LogP contribution in [0.25, 0.3) is 0 Å². The normalized spacial score (nSPS) is 12.9. The highest BCUT2D eigenvalue weighted by molar-refractivity contribution is 5.92. The van der Waals surface area contributed by atoms with E-state index in [0.717, 1.165) is 34.7 Å². The Balaban J connectivity index is 1.93. The standard InChI is InChI=1S/C22H27F2N3O2/c1-4-11-27(14-22(29)26-20-8-6-5-7-15(20)2)13-21(28)25-16(3)18-10-9-17(23)12-19(18)24/h5-10,12,16H,4,11,13-14H2,1-3H3,(H,25,28)(H,26,29)/p+1/t16-/m1/s1. The maximum Gasteiger partial charge on any atom is 0.279 e.